The molecule has 3 amide bonds. The van der Waals surface area contributed by atoms with Crippen LogP contribution in [0.4, 0.5) is 24.5 Å². The Morgan fingerprint density at radius 3 is 2.51 bits per heavy atom. The molecule has 2 heterocycles. The van der Waals surface area contributed by atoms with Crippen molar-refractivity contribution in [3.05, 3.63) is 70.2 Å². The number of anilines is 2. The zero-order valence-electron chi connectivity index (χ0n) is 20.3. The minimum absolute atomic E-state index is 0.104. The fourth-order valence-corrected chi connectivity index (χ4v) is 4.89. The van der Waals surface area contributed by atoms with Crippen molar-refractivity contribution < 1.29 is 37.4 Å². The van der Waals surface area contributed by atoms with E-state index >= 15 is 0 Å². The Balaban J connectivity index is 1.86. The minimum Gasteiger partial charge on any atom is -0.508 e. The quantitative estimate of drug-likeness (QED) is 0.327. The molecule has 2 aromatic carbocycles. The molecule has 0 radical (unpaired) electrons. The van der Waals surface area contributed by atoms with E-state index in [-0.39, 0.29) is 45.9 Å². The number of aromatic hydroxyl groups is 1. The molecular weight excluding hydrogens is 539 g/mol. The Labute approximate surface area is 224 Å². The standard InChI is InChI=1S/C25H24F3N5O5S/c26-25(27,28)14-3-1-4-15(11-14)33(24(37)21-18(29)19(22(30)35)32-39-21)20(13-6-8-16(34)9-7-13)23(36)31-12-17-5-2-10-38-17/h1,3-4,6-9,11,17,20,34H,2,5,10,12,29H2,(H2,30,35)(H,31,36)/t17-,20+/m1/s1. The molecule has 4 rings (SSSR count). The average Bonchev–Trinajstić information content (AvgIpc) is 3.55. The van der Waals surface area contributed by atoms with Gasteiger partial charge in [-0.3, -0.25) is 19.3 Å². The predicted molar refractivity (Wildman–Crippen MR) is 136 cm³/mol. The molecule has 2 atom stereocenters. The second-order valence-corrected chi connectivity index (χ2v) is 9.51. The van der Waals surface area contributed by atoms with E-state index in [4.69, 9.17) is 16.2 Å². The smallest absolute Gasteiger partial charge is 0.416 e. The lowest BCUT2D eigenvalue weighted by molar-refractivity contribution is -0.137. The second-order valence-electron chi connectivity index (χ2n) is 8.74. The van der Waals surface area contributed by atoms with Crippen LogP contribution in [0.5, 0.6) is 5.75 Å². The number of amides is 3. The fourth-order valence-electron chi connectivity index (χ4n) is 4.14. The number of nitrogens with one attached hydrogen (secondary N) is 1. The third-order valence-electron chi connectivity index (χ3n) is 6.07. The second kappa shape index (κ2) is 11.3. The minimum atomic E-state index is -4.75. The lowest BCUT2D eigenvalue weighted by Crippen LogP contribution is -2.45. The number of alkyl halides is 3. The van der Waals surface area contributed by atoms with Crippen molar-refractivity contribution >= 4 is 40.6 Å². The third-order valence-corrected chi connectivity index (χ3v) is 6.92. The summed E-state index contributed by atoms with van der Waals surface area (Å²) in [7, 11) is 0. The Kier molecular flexibility index (Phi) is 8.06. The Morgan fingerprint density at radius 1 is 1.21 bits per heavy atom. The van der Waals surface area contributed by atoms with E-state index in [0.29, 0.717) is 24.6 Å². The molecule has 1 aliphatic heterocycles. The van der Waals surface area contributed by atoms with Crippen LogP contribution in [0.15, 0.2) is 48.5 Å². The zero-order chi connectivity index (χ0) is 28.3. The van der Waals surface area contributed by atoms with E-state index in [9.17, 15) is 32.7 Å². The van der Waals surface area contributed by atoms with Gasteiger partial charge in [-0.25, -0.2) is 0 Å². The summed E-state index contributed by atoms with van der Waals surface area (Å²) in [5.41, 5.74) is 9.35. The number of nitrogens with zero attached hydrogens (tertiary/aromatic N) is 2. The van der Waals surface area contributed by atoms with Gasteiger partial charge in [0.15, 0.2) is 5.69 Å². The molecule has 6 N–H and O–H groups in total. The molecule has 39 heavy (non-hydrogen) atoms. The SMILES string of the molecule is NC(=O)c1nsc(C(=O)N(c2cccc(C(F)(F)F)c2)[C@H](C(=O)NC[C@H]2CCCO2)c2ccc(O)cc2)c1N. The lowest BCUT2D eigenvalue weighted by atomic mass is 10.0. The number of aromatic nitrogens is 1. The lowest BCUT2D eigenvalue weighted by Gasteiger charge is -2.32. The number of rotatable bonds is 8. The summed E-state index contributed by atoms with van der Waals surface area (Å²) in [6, 6.07) is 7.65. The first kappa shape index (κ1) is 27.9. The molecule has 0 unspecified atom stereocenters. The highest BCUT2D eigenvalue weighted by atomic mass is 32.1. The van der Waals surface area contributed by atoms with Crippen LogP contribution >= 0.6 is 11.5 Å². The molecule has 14 heteroatoms. The molecule has 1 fully saturated rings. The number of halogens is 3. The van der Waals surface area contributed by atoms with E-state index in [1.165, 1.54) is 30.3 Å². The highest BCUT2D eigenvalue weighted by Crippen LogP contribution is 2.37. The number of hydrogen-bond acceptors (Lipinski definition) is 8. The molecule has 10 nitrogen and oxygen atoms in total. The van der Waals surface area contributed by atoms with Gasteiger partial charge in [0, 0.05) is 18.8 Å². The van der Waals surface area contributed by atoms with Crippen molar-refractivity contribution in [3.63, 3.8) is 0 Å². The summed E-state index contributed by atoms with van der Waals surface area (Å²) >= 11 is 0.525. The molecule has 0 aliphatic carbocycles. The summed E-state index contributed by atoms with van der Waals surface area (Å²) in [6.45, 7) is 0.635. The maximum Gasteiger partial charge on any atom is 0.416 e. The van der Waals surface area contributed by atoms with Crippen LogP contribution in [0.25, 0.3) is 0 Å². The fraction of sp³-hybridized carbons (Fsp3) is 0.280. The number of hydrogen-bond donors (Lipinski definition) is 4. The topological polar surface area (TPSA) is 161 Å². The number of ether oxygens (including phenoxy) is 1. The summed E-state index contributed by atoms with van der Waals surface area (Å²) < 4.78 is 50.2. The normalized spacial score (nSPS) is 16.0. The number of nitrogens with two attached hydrogens (primary N) is 2. The van der Waals surface area contributed by atoms with Crippen molar-refractivity contribution in [1.29, 1.82) is 0 Å². The highest BCUT2D eigenvalue weighted by molar-refractivity contribution is 7.09. The molecule has 206 valence electrons. The van der Waals surface area contributed by atoms with Crippen molar-refractivity contribution in [2.45, 2.75) is 31.2 Å². The first-order valence-corrected chi connectivity index (χ1v) is 12.5. The van der Waals surface area contributed by atoms with E-state index in [0.717, 1.165) is 29.5 Å². The largest absolute Gasteiger partial charge is 0.508 e. The molecule has 1 aliphatic rings. The maximum absolute atomic E-state index is 13.9. The van der Waals surface area contributed by atoms with Gasteiger partial charge in [0.2, 0.25) is 5.91 Å². The van der Waals surface area contributed by atoms with E-state index in [2.05, 4.69) is 9.69 Å². The molecule has 0 spiro atoms. The van der Waals surface area contributed by atoms with Gasteiger partial charge in [0.1, 0.15) is 16.7 Å². The summed E-state index contributed by atoms with van der Waals surface area (Å²) in [4.78, 5) is 39.8. The number of nitrogen functional groups attached to an aromatic ring is 1. The summed E-state index contributed by atoms with van der Waals surface area (Å²) in [5.74, 6) is -2.84. The molecule has 0 saturated carbocycles. The third kappa shape index (κ3) is 6.12. The monoisotopic (exact) mass is 563 g/mol. The van der Waals surface area contributed by atoms with Gasteiger partial charge in [0.25, 0.3) is 11.8 Å². The van der Waals surface area contributed by atoms with Crippen LogP contribution in [0.3, 0.4) is 0 Å². The van der Waals surface area contributed by atoms with Crippen molar-refractivity contribution in [2.75, 3.05) is 23.8 Å². The van der Waals surface area contributed by atoms with Gasteiger partial charge in [-0.2, -0.15) is 17.5 Å². The van der Waals surface area contributed by atoms with E-state index in [1.807, 2.05) is 0 Å². The van der Waals surface area contributed by atoms with Crippen molar-refractivity contribution in [3.8, 4) is 5.75 Å². The Bertz CT molecular complexity index is 1370. The number of primary amides is 1. The number of benzene rings is 2. The van der Waals surface area contributed by atoms with Crippen LogP contribution in [-0.4, -0.2) is 46.5 Å². The number of phenols is 1. The molecule has 3 aromatic rings. The first-order valence-electron chi connectivity index (χ1n) is 11.7. The van der Waals surface area contributed by atoms with Crippen LogP contribution in [0.1, 0.15) is 50.2 Å². The van der Waals surface area contributed by atoms with Gasteiger partial charge in [-0.05, 0) is 60.3 Å². The maximum atomic E-state index is 13.9. The number of carbonyl (C=O) groups is 3. The van der Waals surface area contributed by atoms with Gasteiger partial charge >= 0.3 is 6.18 Å². The Hall–Kier alpha value is -4.17. The number of carbonyl (C=O) groups excluding carboxylic acids is 3. The predicted octanol–water partition coefficient (Wildman–Crippen LogP) is 3.23. The van der Waals surface area contributed by atoms with Gasteiger partial charge in [-0.1, -0.05) is 18.2 Å². The van der Waals surface area contributed by atoms with E-state index in [1.54, 1.807) is 0 Å². The summed E-state index contributed by atoms with van der Waals surface area (Å²) in [5, 5.41) is 12.5. The van der Waals surface area contributed by atoms with Crippen LogP contribution < -0.4 is 21.7 Å². The molecule has 0 bridgehead atoms. The van der Waals surface area contributed by atoms with E-state index < -0.39 is 35.5 Å². The Morgan fingerprint density at radius 2 is 1.92 bits per heavy atom. The van der Waals surface area contributed by atoms with Crippen LogP contribution in [0, 0.1) is 0 Å². The number of phenolic OH excluding ortho intramolecular Hbond substituents is 1. The molecule has 1 saturated heterocycles. The molecular formula is C25H24F3N5O5S. The van der Waals surface area contributed by atoms with Crippen LogP contribution in [0.2, 0.25) is 0 Å². The van der Waals surface area contributed by atoms with Crippen molar-refractivity contribution in [2.24, 2.45) is 5.73 Å². The highest BCUT2D eigenvalue weighted by Gasteiger charge is 2.38. The van der Waals surface area contributed by atoms with Gasteiger partial charge < -0.3 is 26.6 Å². The summed E-state index contributed by atoms with van der Waals surface area (Å²) in [6.07, 6.45) is -3.50. The van der Waals surface area contributed by atoms with Crippen molar-refractivity contribution in [1.82, 2.24) is 9.69 Å². The van der Waals surface area contributed by atoms with Gasteiger partial charge in [0.05, 0.1) is 17.4 Å². The average molecular weight is 564 g/mol. The molecule has 1 aromatic heterocycles. The zero-order valence-corrected chi connectivity index (χ0v) is 21.1. The van der Waals surface area contributed by atoms with Crippen LogP contribution in [-0.2, 0) is 15.7 Å². The first-order chi connectivity index (χ1) is 18.5. The van der Waals surface area contributed by atoms with Gasteiger partial charge in [-0.15, -0.1) is 0 Å².